The first-order valence-corrected chi connectivity index (χ1v) is 11.7. The largest absolute Gasteiger partial charge is 0.444 e. The topological polar surface area (TPSA) is 151 Å². The van der Waals surface area contributed by atoms with Crippen LogP contribution < -0.4 is 16.4 Å². The van der Waals surface area contributed by atoms with Gasteiger partial charge in [-0.1, -0.05) is 31.2 Å². The molecule has 0 saturated heterocycles. The number of nitrogens with two attached hydrogens (primary N) is 1. The van der Waals surface area contributed by atoms with E-state index in [0.717, 1.165) is 16.9 Å². The maximum absolute atomic E-state index is 13.6. The summed E-state index contributed by atoms with van der Waals surface area (Å²) in [7, 11) is 0. The number of ether oxygens (including phenoxy) is 1. The summed E-state index contributed by atoms with van der Waals surface area (Å²) in [6, 6.07) is 4.67. The predicted octanol–water partition coefficient (Wildman–Crippen LogP) is 1.79. The van der Waals surface area contributed by atoms with Gasteiger partial charge in [0.1, 0.15) is 17.7 Å². The Morgan fingerprint density at radius 1 is 1.06 bits per heavy atom. The first-order valence-electron chi connectivity index (χ1n) is 11.7. The Morgan fingerprint density at radius 3 is 2.06 bits per heavy atom. The number of aryl methyl sites for hydroxylation is 1. The highest BCUT2D eigenvalue weighted by molar-refractivity contribution is 5.94. The second kappa shape index (κ2) is 12.5. The van der Waals surface area contributed by atoms with Gasteiger partial charge in [-0.2, -0.15) is 0 Å². The van der Waals surface area contributed by atoms with Crippen LogP contribution in [0.2, 0.25) is 0 Å². The van der Waals surface area contributed by atoms with Gasteiger partial charge >= 0.3 is 6.09 Å². The zero-order valence-electron chi connectivity index (χ0n) is 21.8. The number of hydrogen-bond donors (Lipinski definition) is 4. The number of alkyl carbamates (subject to hydrolysis) is 1. The molecule has 0 fully saturated rings. The lowest BCUT2D eigenvalue weighted by Crippen LogP contribution is -2.56. The molecule has 196 valence electrons. The third-order valence-corrected chi connectivity index (χ3v) is 4.78. The number of aliphatic hydroxyl groups is 1. The van der Waals surface area contributed by atoms with Gasteiger partial charge in [-0.15, -0.1) is 0 Å². The van der Waals surface area contributed by atoms with Crippen LogP contribution in [0.4, 0.5) is 4.79 Å². The maximum atomic E-state index is 13.6. The number of nitrogens with one attached hydrogen (secondary N) is 2. The number of carbonyl (C=O) groups is 4. The number of carbonyl (C=O) groups excluding carboxylic acids is 4. The molecule has 10 heteroatoms. The fraction of sp³-hybridized carbons (Fsp3) is 0.600. The molecule has 2 unspecified atom stereocenters. The van der Waals surface area contributed by atoms with Crippen molar-refractivity contribution in [3.63, 3.8) is 0 Å². The van der Waals surface area contributed by atoms with Gasteiger partial charge in [0.05, 0.1) is 13.0 Å². The smallest absolute Gasteiger partial charge is 0.408 e. The Morgan fingerprint density at radius 2 is 1.63 bits per heavy atom. The highest BCUT2D eigenvalue weighted by Gasteiger charge is 2.37. The highest BCUT2D eigenvalue weighted by Crippen LogP contribution is 2.24. The molecule has 0 aliphatic rings. The summed E-state index contributed by atoms with van der Waals surface area (Å²) in [4.78, 5) is 52.3. The Kier molecular flexibility index (Phi) is 10.7. The van der Waals surface area contributed by atoms with E-state index in [4.69, 9.17) is 10.5 Å². The van der Waals surface area contributed by atoms with Crippen LogP contribution in [0.15, 0.2) is 24.3 Å². The quantitative estimate of drug-likeness (QED) is 0.391. The standard InChI is InChI=1S/C25H40N4O6/c1-8-16-9-11-17(12-10-16)20(21(32)28-24(2,3)4)29(13-14-30)22(33)18(15-19(26)31)27-23(34)35-25(5,6)7/h9-12,18,20,30H,8,13-15H2,1-7H3,(H2,26,31)(H,27,34)(H,28,32). The lowest BCUT2D eigenvalue weighted by atomic mass is 9.98. The lowest BCUT2D eigenvalue weighted by Gasteiger charge is -2.35. The summed E-state index contributed by atoms with van der Waals surface area (Å²) in [5.41, 5.74) is 5.45. The van der Waals surface area contributed by atoms with E-state index >= 15 is 0 Å². The minimum Gasteiger partial charge on any atom is -0.444 e. The van der Waals surface area contributed by atoms with Gasteiger partial charge in [0.15, 0.2) is 0 Å². The molecule has 0 saturated carbocycles. The fourth-order valence-electron chi connectivity index (χ4n) is 3.37. The van der Waals surface area contributed by atoms with Crippen LogP contribution in [-0.4, -0.2) is 64.2 Å². The Bertz CT molecular complexity index is 887. The molecule has 5 N–H and O–H groups in total. The molecule has 0 bridgehead atoms. The van der Waals surface area contributed by atoms with Gasteiger partial charge in [-0.05, 0) is 59.1 Å². The van der Waals surface area contributed by atoms with Crippen molar-refractivity contribution < 1.29 is 29.0 Å². The summed E-state index contributed by atoms with van der Waals surface area (Å²) in [6.07, 6.45) is -0.634. The molecule has 4 amide bonds. The SMILES string of the molecule is CCc1ccc(C(C(=O)NC(C)(C)C)N(CCO)C(=O)C(CC(N)=O)NC(=O)OC(C)(C)C)cc1. The molecule has 35 heavy (non-hydrogen) atoms. The molecule has 0 heterocycles. The zero-order chi connectivity index (χ0) is 27.0. The van der Waals surface area contributed by atoms with Crippen molar-refractivity contribution in [2.24, 2.45) is 5.73 Å². The van der Waals surface area contributed by atoms with E-state index in [2.05, 4.69) is 10.6 Å². The van der Waals surface area contributed by atoms with Crippen molar-refractivity contribution in [3.05, 3.63) is 35.4 Å². The molecule has 2 atom stereocenters. The van der Waals surface area contributed by atoms with Crippen molar-refractivity contribution in [1.29, 1.82) is 0 Å². The summed E-state index contributed by atoms with van der Waals surface area (Å²) in [5.74, 6) is -2.05. The third kappa shape index (κ3) is 10.3. The Hall–Kier alpha value is -3.14. The molecule has 1 rings (SSSR count). The predicted molar refractivity (Wildman–Crippen MR) is 132 cm³/mol. The molecule has 1 aromatic rings. The van der Waals surface area contributed by atoms with Crippen molar-refractivity contribution in [2.45, 2.75) is 84.5 Å². The van der Waals surface area contributed by atoms with Gasteiger partial charge in [-0.25, -0.2) is 4.79 Å². The molecular formula is C25H40N4O6. The van der Waals surface area contributed by atoms with E-state index < -0.39 is 60.1 Å². The van der Waals surface area contributed by atoms with E-state index in [1.54, 1.807) is 53.7 Å². The van der Waals surface area contributed by atoms with Crippen LogP contribution in [0.25, 0.3) is 0 Å². The molecule has 1 aromatic carbocycles. The number of primary amides is 1. The van der Waals surface area contributed by atoms with Gasteiger partial charge in [-0.3, -0.25) is 14.4 Å². The van der Waals surface area contributed by atoms with Gasteiger partial charge in [0.25, 0.3) is 0 Å². The average molecular weight is 493 g/mol. The van der Waals surface area contributed by atoms with Crippen molar-refractivity contribution in [2.75, 3.05) is 13.2 Å². The third-order valence-electron chi connectivity index (χ3n) is 4.78. The number of nitrogens with zero attached hydrogens (tertiary/aromatic N) is 1. The first-order chi connectivity index (χ1) is 16.1. The van der Waals surface area contributed by atoms with Crippen LogP contribution in [0.1, 0.15) is 72.1 Å². The molecular weight excluding hydrogens is 452 g/mol. The van der Waals surface area contributed by atoms with Crippen LogP contribution in [-0.2, 0) is 25.5 Å². The molecule has 0 aromatic heterocycles. The van der Waals surface area contributed by atoms with Crippen molar-refractivity contribution in [1.82, 2.24) is 15.5 Å². The van der Waals surface area contributed by atoms with E-state index in [0.29, 0.717) is 5.56 Å². The van der Waals surface area contributed by atoms with Gasteiger partial charge in [0.2, 0.25) is 17.7 Å². The number of aliphatic hydroxyl groups excluding tert-OH is 1. The van der Waals surface area contributed by atoms with Crippen LogP contribution in [0.5, 0.6) is 0 Å². The maximum Gasteiger partial charge on any atom is 0.408 e. The fourth-order valence-corrected chi connectivity index (χ4v) is 3.37. The number of hydrogen-bond acceptors (Lipinski definition) is 6. The average Bonchev–Trinajstić information content (AvgIpc) is 2.69. The normalized spacial score (nSPS) is 13.4. The lowest BCUT2D eigenvalue weighted by molar-refractivity contribution is -0.144. The number of amides is 4. The second-order valence-corrected chi connectivity index (χ2v) is 10.4. The van der Waals surface area contributed by atoms with Crippen LogP contribution in [0.3, 0.4) is 0 Å². The van der Waals surface area contributed by atoms with E-state index in [1.165, 1.54) is 0 Å². The highest BCUT2D eigenvalue weighted by atomic mass is 16.6. The number of rotatable bonds is 10. The summed E-state index contributed by atoms with van der Waals surface area (Å²) < 4.78 is 5.22. The summed E-state index contributed by atoms with van der Waals surface area (Å²) >= 11 is 0. The van der Waals surface area contributed by atoms with Crippen LogP contribution >= 0.6 is 0 Å². The zero-order valence-corrected chi connectivity index (χ0v) is 21.8. The van der Waals surface area contributed by atoms with E-state index in [-0.39, 0.29) is 6.54 Å². The van der Waals surface area contributed by atoms with Crippen LogP contribution in [0, 0.1) is 0 Å². The monoisotopic (exact) mass is 492 g/mol. The van der Waals surface area contributed by atoms with Crippen molar-refractivity contribution >= 4 is 23.8 Å². The molecule has 10 nitrogen and oxygen atoms in total. The molecule has 0 spiro atoms. The molecule has 0 aliphatic heterocycles. The molecule has 0 aliphatic carbocycles. The van der Waals surface area contributed by atoms with Gasteiger partial charge < -0.3 is 31.1 Å². The minimum atomic E-state index is -1.39. The Labute approximate surface area is 207 Å². The number of benzene rings is 1. The summed E-state index contributed by atoms with van der Waals surface area (Å²) in [6.45, 7) is 11.7. The van der Waals surface area contributed by atoms with Crippen molar-refractivity contribution in [3.8, 4) is 0 Å². The second-order valence-electron chi connectivity index (χ2n) is 10.4. The minimum absolute atomic E-state index is 0.220. The summed E-state index contributed by atoms with van der Waals surface area (Å²) in [5, 5.41) is 15.0. The first kappa shape index (κ1) is 29.9. The van der Waals surface area contributed by atoms with E-state index in [1.807, 2.05) is 19.1 Å². The molecule has 0 radical (unpaired) electrons. The van der Waals surface area contributed by atoms with Gasteiger partial charge in [0, 0.05) is 12.1 Å². The Balaban J connectivity index is 3.47. The van der Waals surface area contributed by atoms with E-state index in [9.17, 15) is 24.3 Å².